The lowest BCUT2D eigenvalue weighted by atomic mass is 10.1. The van der Waals surface area contributed by atoms with Crippen LogP contribution in [0.25, 0.3) is 0 Å². The van der Waals surface area contributed by atoms with Gasteiger partial charge in [-0.3, -0.25) is 4.79 Å². The highest BCUT2D eigenvalue weighted by molar-refractivity contribution is 9.10. The number of carbonyl (C=O) groups is 1. The summed E-state index contributed by atoms with van der Waals surface area (Å²) >= 11 is 3.51. The van der Waals surface area contributed by atoms with Crippen molar-refractivity contribution in [1.82, 2.24) is 15.3 Å². The van der Waals surface area contributed by atoms with E-state index in [1.165, 1.54) is 11.1 Å². The molecule has 100 valence electrons. The Morgan fingerprint density at radius 1 is 1.42 bits per heavy atom. The van der Waals surface area contributed by atoms with E-state index in [1.807, 2.05) is 19.1 Å². The minimum absolute atomic E-state index is 0.117. The Hall–Kier alpha value is -1.62. The smallest absolute Gasteiger partial charge is 0.269 e. The van der Waals surface area contributed by atoms with E-state index in [2.05, 4.69) is 44.2 Å². The fraction of sp³-hybridized carbons (Fsp3) is 0.286. The highest BCUT2D eigenvalue weighted by atomic mass is 79.9. The van der Waals surface area contributed by atoms with E-state index in [0.717, 1.165) is 16.7 Å². The van der Waals surface area contributed by atoms with Crippen molar-refractivity contribution in [3.8, 4) is 0 Å². The molecule has 0 atom stereocenters. The van der Waals surface area contributed by atoms with E-state index in [1.54, 1.807) is 6.20 Å². The lowest BCUT2D eigenvalue weighted by Gasteiger charge is -2.08. The number of rotatable bonds is 4. The molecule has 0 fully saturated rings. The molecule has 2 rings (SSSR count). The first-order chi connectivity index (χ1) is 9.08. The number of hydrogen-bond acceptors (Lipinski definition) is 2. The summed E-state index contributed by atoms with van der Waals surface area (Å²) in [6.07, 6.45) is 2.36. The summed E-state index contributed by atoms with van der Waals surface area (Å²) in [4.78, 5) is 18.7. The SMILES string of the molecule is Cc1ncc(C(=O)NCCc2cccc(Br)c2C)[nH]1. The molecule has 2 N–H and O–H groups in total. The van der Waals surface area contributed by atoms with Crippen molar-refractivity contribution in [2.75, 3.05) is 6.54 Å². The number of benzene rings is 1. The largest absolute Gasteiger partial charge is 0.350 e. The number of hydrogen-bond donors (Lipinski definition) is 2. The highest BCUT2D eigenvalue weighted by Gasteiger charge is 2.08. The van der Waals surface area contributed by atoms with Crippen molar-refractivity contribution >= 4 is 21.8 Å². The highest BCUT2D eigenvalue weighted by Crippen LogP contribution is 2.19. The van der Waals surface area contributed by atoms with Crippen LogP contribution in [0.1, 0.15) is 27.4 Å². The Balaban J connectivity index is 1.90. The minimum Gasteiger partial charge on any atom is -0.350 e. The van der Waals surface area contributed by atoms with Crippen LogP contribution in [-0.2, 0) is 6.42 Å². The Labute approximate surface area is 120 Å². The second kappa shape index (κ2) is 6.02. The third-order valence-electron chi connectivity index (χ3n) is 3.01. The monoisotopic (exact) mass is 321 g/mol. The lowest BCUT2D eigenvalue weighted by Crippen LogP contribution is -2.26. The normalized spacial score (nSPS) is 10.5. The second-order valence-electron chi connectivity index (χ2n) is 4.41. The van der Waals surface area contributed by atoms with Crippen molar-refractivity contribution in [2.45, 2.75) is 20.3 Å². The van der Waals surface area contributed by atoms with Crippen molar-refractivity contribution in [3.63, 3.8) is 0 Å². The third kappa shape index (κ3) is 3.44. The summed E-state index contributed by atoms with van der Waals surface area (Å²) < 4.78 is 1.10. The fourth-order valence-electron chi connectivity index (χ4n) is 1.87. The summed E-state index contributed by atoms with van der Waals surface area (Å²) in [7, 11) is 0. The second-order valence-corrected chi connectivity index (χ2v) is 5.27. The zero-order chi connectivity index (χ0) is 13.8. The molecule has 0 aliphatic heterocycles. The summed E-state index contributed by atoms with van der Waals surface area (Å²) in [5.41, 5.74) is 2.95. The molecule has 4 nitrogen and oxygen atoms in total. The van der Waals surface area contributed by atoms with Crippen molar-refractivity contribution < 1.29 is 4.79 Å². The van der Waals surface area contributed by atoms with E-state index in [-0.39, 0.29) is 5.91 Å². The molecule has 1 heterocycles. The Bertz CT molecular complexity index is 592. The number of carbonyl (C=O) groups excluding carboxylic acids is 1. The lowest BCUT2D eigenvalue weighted by molar-refractivity contribution is 0.0949. The van der Waals surface area contributed by atoms with Gasteiger partial charge in [0, 0.05) is 11.0 Å². The number of nitrogens with one attached hydrogen (secondary N) is 2. The fourth-order valence-corrected chi connectivity index (χ4v) is 2.27. The topological polar surface area (TPSA) is 57.8 Å². The van der Waals surface area contributed by atoms with Gasteiger partial charge in [0.2, 0.25) is 0 Å². The summed E-state index contributed by atoms with van der Waals surface area (Å²) in [6, 6.07) is 6.10. The Kier molecular flexibility index (Phi) is 4.37. The van der Waals surface area contributed by atoms with Crippen molar-refractivity contribution in [1.29, 1.82) is 0 Å². The van der Waals surface area contributed by atoms with Gasteiger partial charge in [0.05, 0.1) is 6.20 Å². The molecule has 19 heavy (non-hydrogen) atoms. The van der Waals surface area contributed by atoms with Crippen LogP contribution in [0.3, 0.4) is 0 Å². The van der Waals surface area contributed by atoms with Crippen LogP contribution in [0, 0.1) is 13.8 Å². The van der Waals surface area contributed by atoms with E-state index < -0.39 is 0 Å². The van der Waals surface area contributed by atoms with Gasteiger partial charge in [-0.05, 0) is 37.5 Å². The first-order valence-electron chi connectivity index (χ1n) is 6.11. The van der Waals surface area contributed by atoms with Gasteiger partial charge in [-0.2, -0.15) is 0 Å². The van der Waals surface area contributed by atoms with Crippen LogP contribution in [0.4, 0.5) is 0 Å². The molecule has 2 aromatic rings. The third-order valence-corrected chi connectivity index (χ3v) is 3.87. The molecule has 5 heteroatoms. The summed E-state index contributed by atoms with van der Waals surface area (Å²) in [5, 5.41) is 2.88. The molecule has 0 unspecified atom stereocenters. The van der Waals surface area contributed by atoms with Crippen LogP contribution < -0.4 is 5.32 Å². The average Bonchev–Trinajstić information content (AvgIpc) is 2.81. The maximum absolute atomic E-state index is 11.8. The standard InChI is InChI=1S/C14H16BrN3O/c1-9-11(4-3-5-12(9)15)6-7-16-14(19)13-8-17-10(2)18-13/h3-5,8H,6-7H2,1-2H3,(H,16,19)(H,17,18). The molecular formula is C14H16BrN3O. The summed E-state index contributed by atoms with van der Waals surface area (Å²) in [5.74, 6) is 0.626. The van der Waals surface area contributed by atoms with Crippen LogP contribution in [-0.4, -0.2) is 22.4 Å². The van der Waals surface area contributed by atoms with Gasteiger partial charge in [0.25, 0.3) is 5.91 Å². The zero-order valence-electron chi connectivity index (χ0n) is 11.0. The molecule has 0 aliphatic carbocycles. The number of aromatic amines is 1. The Morgan fingerprint density at radius 3 is 2.89 bits per heavy atom. The molecule has 1 aromatic heterocycles. The van der Waals surface area contributed by atoms with Gasteiger partial charge in [-0.15, -0.1) is 0 Å². The molecule has 0 bridgehead atoms. The van der Waals surface area contributed by atoms with Gasteiger partial charge in [0.1, 0.15) is 11.5 Å². The molecule has 0 saturated carbocycles. The predicted molar refractivity (Wildman–Crippen MR) is 78.2 cm³/mol. The molecule has 0 radical (unpaired) electrons. The van der Waals surface area contributed by atoms with Crippen molar-refractivity contribution in [2.24, 2.45) is 0 Å². The molecule has 0 saturated heterocycles. The maximum atomic E-state index is 11.8. The quantitative estimate of drug-likeness (QED) is 0.909. The van der Waals surface area contributed by atoms with E-state index in [4.69, 9.17) is 0 Å². The van der Waals surface area contributed by atoms with Gasteiger partial charge in [-0.1, -0.05) is 28.1 Å². The van der Waals surface area contributed by atoms with Crippen LogP contribution in [0.5, 0.6) is 0 Å². The van der Waals surface area contributed by atoms with Crippen LogP contribution in [0.2, 0.25) is 0 Å². The maximum Gasteiger partial charge on any atom is 0.269 e. The summed E-state index contributed by atoms with van der Waals surface area (Å²) in [6.45, 7) is 4.50. The molecule has 1 aromatic carbocycles. The number of imidazole rings is 1. The Morgan fingerprint density at radius 2 is 2.21 bits per heavy atom. The number of halogens is 1. The number of aryl methyl sites for hydroxylation is 1. The van der Waals surface area contributed by atoms with Crippen LogP contribution >= 0.6 is 15.9 Å². The molecule has 1 amide bonds. The first-order valence-corrected chi connectivity index (χ1v) is 6.91. The predicted octanol–water partition coefficient (Wildman–Crippen LogP) is 2.76. The zero-order valence-corrected chi connectivity index (χ0v) is 12.5. The number of H-pyrrole nitrogens is 1. The minimum atomic E-state index is -0.117. The average molecular weight is 322 g/mol. The van der Waals surface area contributed by atoms with E-state index in [9.17, 15) is 4.79 Å². The van der Waals surface area contributed by atoms with Gasteiger partial charge < -0.3 is 10.3 Å². The number of aromatic nitrogens is 2. The van der Waals surface area contributed by atoms with Gasteiger partial charge >= 0.3 is 0 Å². The van der Waals surface area contributed by atoms with Crippen molar-refractivity contribution in [3.05, 3.63) is 51.5 Å². The van der Waals surface area contributed by atoms with E-state index in [0.29, 0.717) is 12.2 Å². The number of nitrogens with zero attached hydrogens (tertiary/aromatic N) is 1. The van der Waals surface area contributed by atoms with Gasteiger partial charge in [-0.25, -0.2) is 4.98 Å². The first kappa shape index (κ1) is 13.8. The number of amides is 1. The molecule has 0 aliphatic rings. The van der Waals surface area contributed by atoms with Crippen LogP contribution in [0.15, 0.2) is 28.9 Å². The van der Waals surface area contributed by atoms with E-state index >= 15 is 0 Å². The molecular weight excluding hydrogens is 306 g/mol. The molecule has 0 spiro atoms. The van der Waals surface area contributed by atoms with Gasteiger partial charge in [0.15, 0.2) is 0 Å².